The average Bonchev–Trinajstić information content (AvgIpc) is 3.59. The van der Waals surface area contributed by atoms with E-state index in [1.54, 1.807) is 24.5 Å². The topological polar surface area (TPSA) is 144 Å². The highest BCUT2D eigenvalue weighted by Crippen LogP contribution is 2.35. The zero-order valence-corrected chi connectivity index (χ0v) is 19.1. The van der Waals surface area contributed by atoms with Crippen LogP contribution in [0, 0.1) is 0 Å². The molecule has 5 rings (SSSR count). The summed E-state index contributed by atoms with van der Waals surface area (Å²) < 4.78 is 1.90. The monoisotopic (exact) mass is 478 g/mol. The summed E-state index contributed by atoms with van der Waals surface area (Å²) in [6, 6.07) is 15.0. The number of nitrogens with two attached hydrogens (primary N) is 1. The third-order valence-electron chi connectivity index (χ3n) is 5.59. The first-order valence-corrected chi connectivity index (χ1v) is 11.2. The van der Waals surface area contributed by atoms with Crippen LogP contribution >= 0.6 is 0 Å². The maximum absolute atomic E-state index is 12.5. The zero-order valence-electron chi connectivity index (χ0n) is 19.1. The molecular weight excluding hydrogens is 456 g/mol. The van der Waals surface area contributed by atoms with Crippen molar-refractivity contribution in [1.29, 1.82) is 0 Å². The first kappa shape index (κ1) is 22.7. The Morgan fingerprint density at radius 2 is 1.89 bits per heavy atom. The lowest BCUT2D eigenvalue weighted by Gasteiger charge is -2.14. The van der Waals surface area contributed by atoms with Crippen LogP contribution < -0.4 is 11.1 Å². The minimum Gasteiger partial charge on any atom is -0.366 e. The Hall–Kier alpha value is -5.12. The number of carbonyl (C=O) groups is 2. The molecule has 0 saturated carbocycles. The summed E-state index contributed by atoms with van der Waals surface area (Å²) in [7, 11) is 0. The highest BCUT2D eigenvalue weighted by Gasteiger charge is 2.22. The van der Waals surface area contributed by atoms with E-state index in [2.05, 4.69) is 25.5 Å². The maximum atomic E-state index is 12.5. The highest BCUT2D eigenvalue weighted by molar-refractivity contribution is 6.03. The molecule has 0 aliphatic rings. The van der Waals surface area contributed by atoms with Crippen molar-refractivity contribution in [2.75, 3.05) is 5.32 Å². The van der Waals surface area contributed by atoms with Gasteiger partial charge in [0.2, 0.25) is 11.8 Å². The fourth-order valence-corrected chi connectivity index (χ4v) is 3.96. The minimum atomic E-state index is -0.567. The number of anilines is 1. The Bertz CT molecular complexity index is 1500. The molecule has 178 valence electrons. The smallest absolute Gasteiger partial charge is 0.249 e. The molecule has 2 aromatic carbocycles. The van der Waals surface area contributed by atoms with Gasteiger partial charge in [-0.1, -0.05) is 30.3 Å². The zero-order chi connectivity index (χ0) is 24.9. The summed E-state index contributed by atoms with van der Waals surface area (Å²) in [6.45, 7) is 0. The van der Waals surface area contributed by atoms with Gasteiger partial charge in [0, 0.05) is 48.0 Å². The molecule has 0 unspecified atom stereocenters. The van der Waals surface area contributed by atoms with E-state index in [4.69, 9.17) is 10.7 Å². The number of aryl methyl sites for hydroxylation is 1. The molecule has 0 radical (unpaired) electrons. The predicted molar refractivity (Wildman–Crippen MR) is 134 cm³/mol. The van der Waals surface area contributed by atoms with E-state index in [1.165, 1.54) is 18.6 Å². The number of benzene rings is 2. The number of nitrogens with zero attached hydrogens (tertiary/aromatic N) is 5. The number of carbonyl (C=O) groups excluding carboxylic acids is 2. The molecular formula is C26H22N8O2. The Morgan fingerprint density at radius 3 is 2.61 bits per heavy atom. The van der Waals surface area contributed by atoms with Crippen molar-refractivity contribution >= 4 is 17.6 Å². The van der Waals surface area contributed by atoms with Gasteiger partial charge < -0.3 is 11.1 Å². The fraction of sp³-hybridized carbons (Fsp3) is 0.0769. The van der Waals surface area contributed by atoms with Gasteiger partial charge in [0.15, 0.2) is 5.82 Å². The average molecular weight is 479 g/mol. The van der Waals surface area contributed by atoms with E-state index < -0.39 is 5.91 Å². The van der Waals surface area contributed by atoms with Crippen molar-refractivity contribution in [1.82, 2.24) is 29.7 Å². The van der Waals surface area contributed by atoms with E-state index in [1.807, 2.05) is 47.2 Å². The molecule has 5 aromatic rings. The number of aromatic nitrogens is 6. The van der Waals surface area contributed by atoms with Gasteiger partial charge in [0.05, 0.1) is 23.7 Å². The molecule has 0 bridgehead atoms. The standard InChI is InChI=1S/C26H22N8O2/c27-25(36)21-8-4-7-20(17-13-30-31-14-17)24(21)26-32-18(16-34(26)19-5-2-1-3-6-19)9-10-23(35)33-22-15-28-11-12-29-22/h1-8,11-16H,9-10H2,(H2,27,36)(H,30,31)(H,29,33,35). The van der Waals surface area contributed by atoms with Crippen LogP contribution in [0.1, 0.15) is 22.5 Å². The van der Waals surface area contributed by atoms with Crippen molar-refractivity contribution < 1.29 is 9.59 Å². The lowest BCUT2D eigenvalue weighted by Crippen LogP contribution is -2.14. The van der Waals surface area contributed by atoms with Crippen LogP contribution in [0.4, 0.5) is 5.82 Å². The van der Waals surface area contributed by atoms with Crippen LogP contribution in [0.3, 0.4) is 0 Å². The van der Waals surface area contributed by atoms with Gasteiger partial charge >= 0.3 is 0 Å². The fourth-order valence-electron chi connectivity index (χ4n) is 3.96. The number of nitrogens with one attached hydrogen (secondary N) is 2. The summed E-state index contributed by atoms with van der Waals surface area (Å²) in [5.41, 5.74) is 9.79. The Labute approximate surface area is 206 Å². The Kier molecular flexibility index (Phi) is 6.31. The molecule has 2 amide bonds. The normalized spacial score (nSPS) is 10.8. The molecule has 0 atom stereocenters. The van der Waals surface area contributed by atoms with Gasteiger partial charge in [-0.3, -0.25) is 24.2 Å². The molecule has 3 heterocycles. The Balaban J connectivity index is 1.56. The lowest BCUT2D eigenvalue weighted by atomic mass is 9.96. The van der Waals surface area contributed by atoms with E-state index in [0.29, 0.717) is 34.9 Å². The van der Waals surface area contributed by atoms with Gasteiger partial charge in [0.1, 0.15) is 5.82 Å². The van der Waals surface area contributed by atoms with Crippen LogP contribution in [0.2, 0.25) is 0 Å². The highest BCUT2D eigenvalue weighted by atomic mass is 16.2. The SMILES string of the molecule is NC(=O)c1cccc(-c2cn[nH]c2)c1-c1nc(CCC(=O)Nc2cnccn2)cn1-c1ccccc1. The molecule has 0 fully saturated rings. The quantitative estimate of drug-likeness (QED) is 0.312. The number of hydrogen-bond acceptors (Lipinski definition) is 6. The van der Waals surface area contributed by atoms with Gasteiger partial charge in [-0.2, -0.15) is 5.10 Å². The first-order valence-electron chi connectivity index (χ1n) is 11.2. The van der Waals surface area contributed by atoms with Crippen molar-refractivity contribution in [2.24, 2.45) is 5.73 Å². The second kappa shape index (κ2) is 10.0. The second-order valence-electron chi connectivity index (χ2n) is 7.98. The van der Waals surface area contributed by atoms with Gasteiger partial charge in [-0.05, 0) is 30.2 Å². The molecule has 0 aliphatic carbocycles. The number of para-hydroxylation sites is 1. The Morgan fingerprint density at radius 1 is 1.03 bits per heavy atom. The van der Waals surface area contributed by atoms with Gasteiger partial charge in [-0.25, -0.2) is 9.97 Å². The van der Waals surface area contributed by atoms with Crippen molar-refractivity contribution in [3.05, 3.63) is 97.0 Å². The van der Waals surface area contributed by atoms with Crippen molar-refractivity contribution in [2.45, 2.75) is 12.8 Å². The molecule has 36 heavy (non-hydrogen) atoms. The van der Waals surface area contributed by atoms with Crippen LogP contribution in [-0.2, 0) is 11.2 Å². The summed E-state index contributed by atoms with van der Waals surface area (Å²) >= 11 is 0. The van der Waals surface area contributed by atoms with Gasteiger partial charge in [0.25, 0.3) is 0 Å². The molecule has 0 aliphatic heterocycles. The molecule has 0 spiro atoms. The van der Waals surface area contributed by atoms with E-state index in [0.717, 1.165) is 16.8 Å². The first-order chi connectivity index (χ1) is 17.6. The number of amides is 2. The van der Waals surface area contributed by atoms with Crippen molar-refractivity contribution in [3.8, 4) is 28.2 Å². The van der Waals surface area contributed by atoms with Crippen LogP contribution in [0.5, 0.6) is 0 Å². The number of primary amides is 1. The number of aromatic amines is 1. The van der Waals surface area contributed by atoms with Gasteiger partial charge in [-0.15, -0.1) is 0 Å². The number of H-pyrrole nitrogens is 1. The third-order valence-corrected chi connectivity index (χ3v) is 5.59. The minimum absolute atomic E-state index is 0.188. The molecule has 10 heteroatoms. The molecule has 4 N–H and O–H groups in total. The largest absolute Gasteiger partial charge is 0.366 e. The molecule has 10 nitrogen and oxygen atoms in total. The van der Waals surface area contributed by atoms with Crippen LogP contribution in [0.25, 0.3) is 28.2 Å². The summed E-state index contributed by atoms with van der Waals surface area (Å²) in [4.78, 5) is 37.8. The van der Waals surface area contributed by atoms with E-state index in [9.17, 15) is 9.59 Å². The number of rotatable bonds is 8. The number of imidazole rings is 1. The third kappa shape index (κ3) is 4.73. The lowest BCUT2D eigenvalue weighted by molar-refractivity contribution is -0.116. The predicted octanol–water partition coefficient (Wildman–Crippen LogP) is 3.39. The maximum Gasteiger partial charge on any atom is 0.249 e. The molecule has 3 aromatic heterocycles. The van der Waals surface area contributed by atoms with Crippen LogP contribution in [-0.4, -0.2) is 41.5 Å². The van der Waals surface area contributed by atoms with E-state index >= 15 is 0 Å². The summed E-state index contributed by atoms with van der Waals surface area (Å²) in [5, 5.41) is 9.60. The second-order valence-corrected chi connectivity index (χ2v) is 7.98. The summed E-state index contributed by atoms with van der Waals surface area (Å²) in [6.07, 6.45) is 10.4. The number of hydrogen-bond donors (Lipinski definition) is 3. The molecule has 0 saturated heterocycles. The van der Waals surface area contributed by atoms with E-state index in [-0.39, 0.29) is 12.3 Å². The van der Waals surface area contributed by atoms with Crippen LogP contribution in [0.15, 0.2) is 85.7 Å². The van der Waals surface area contributed by atoms with Crippen molar-refractivity contribution in [3.63, 3.8) is 0 Å². The summed E-state index contributed by atoms with van der Waals surface area (Å²) in [5.74, 6) is 0.153.